The third kappa shape index (κ3) is 4.62. The normalized spacial score (nSPS) is 19.4. The summed E-state index contributed by atoms with van der Waals surface area (Å²) in [5.41, 5.74) is 0.398. The quantitative estimate of drug-likeness (QED) is 0.746. The Hall–Kier alpha value is -2.61. The number of carbonyl (C=O) groups is 1. The summed E-state index contributed by atoms with van der Waals surface area (Å²) in [6, 6.07) is 3.99. The number of benzene rings is 1. The second-order valence-corrected chi connectivity index (χ2v) is 7.21. The maximum atomic E-state index is 12.7. The number of amides is 1. The summed E-state index contributed by atoms with van der Waals surface area (Å²) in [5, 5.41) is 6.93. The summed E-state index contributed by atoms with van der Waals surface area (Å²) in [5.74, 6) is 1.05. The van der Waals surface area contributed by atoms with Crippen molar-refractivity contribution in [3.63, 3.8) is 0 Å². The topological polar surface area (TPSA) is 94.5 Å². The number of piperidine rings is 1. The number of aromatic nitrogens is 2. The first-order valence-corrected chi connectivity index (χ1v) is 9.65. The summed E-state index contributed by atoms with van der Waals surface area (Å²) in [7, 11) is 3.07. The summed E-state index contributed by atoms with van der Waals surface area (Å²) in [6.45, 7) is 3.49. The molecule has 1 aromatic heterocycles. The summed E-state index contributed by atoms with van der Waals surface area (Å²) < 4.78 is 12.1. The van der Waals surface area contributed by atoms with Crippen LogP contribution in [0, 0.1) is 0 Å². The molecule has 3 rings (SSSR count). The number of hydrogen-bond acceptors (Lipinski definition) is 6. The van der Waals surface area contributed by atoms with E-state index in [1.165, 1.54) is 18.0 Å². The molecule has 0 radical (unpaired) electrons. The Kier molecular flexibility index (Phi) is 6.51. The second-order valence-electron chi connectivity index (χ2n) is 7.21. The van der Waals surface area contributed by atoms with Crippen molar-refractivity contribution in [3.8, 4) is 11.5 Å². The number of rotatable bonds is 7. The first kappa shape index (κ1) is 20.1. The van der Waals surface area contributed by atoms with Gasteiger partial charge in [-0.25, -0.2) is 4.98 Å². The molecule has 0 aliphatic carbocycles. The van der Waals surface area contributed by atoms with Crippen LogP contribution >= 0.6 is 0 Å². The summed E-state index contributed by atoms with van der Waals surface area (Å²) in [6.07, 6.45) is 4.38. The van der Waals surface area contributed by atoms with Crippen LogP contribution in [0.1, 0.15) is 32.6 Å². The van der Waals surface area contributed by atoms with Crippen LogP contribution in [0.25, 0.3) is 10.9 Å². The molecule has 2 heterocycles. The Bertz CT molecular complexity index is 896. The number of nitrogens with one attached hydrogen (secondary N) is 2. The minimum absolute atomic E-state index is 0.0345. The molecule has 1 fully saturated rings. The molecule has 1 saturated heterocycles. The van der Waals surface area contributed by atoms with Crippen molar-refractivity contribution in [1.29, 1.82) is 0 Å². The van der Waals surface area contributed by atoms with E-state index in [-0.39, 0.29) is 17.5 Å². The van der Waals surface area contributed by atoms with E-state index in [2.05, 4.69) is 22.5 Å². The van der Waals surface area contributed by atoms with E-state index in [0.717, 1.165) is 19.4 Å². The van der Waals surface area contributed by atoms with E-state index in [0.29, 0.717) is 47.8 Å². The summed E-state index contributed by atoms with van der Waals surface area (Å²) >= 11 is 0. The monoisotopic (exact) mass is 388 g/mol. The number of hydrogen-bond donors (Lipinski definition) is 2. The Morgan fingerprint density at radius 3 is 2.79 bits per heavy atom. The van der Waals surface area contributed by atoms with Crippen molar-refractivity contribution >= 4 is 16.8 Å². The highest BCUT2D eigenvalue weighted by atomic mass is 16.5. The zero-order valence-electron chi connectivity index (χ0n) is 16.7. The summed E-state index contributed by atoms with van der Waals surface area (Å²) in [4.78, 5) is 29.3. The van der Waals surface area contributed by atoms with Crippen molar-refractivity contribution in [2.75, 3.05) is 20.8 Å². The van der Waals surface area contributed by atoms with Crippen molar-refractivity contribution in [3.05, 3.63) is 28.8 Å². The number of carbonyl (C=O) groups excluding carboxylic acids is 1. The van der Waals surface area contributed by atoms with E-state index in [1.54, 1.807) is 19.2 Å². The Morgan fingerprint density at radius 1 is 1.32 bits per heavy atom. The molecule has 8 heteroatoms. The lowest BCUT2D eigenvalue weighted by Gasteiger charge is -2.28. The van der Waals surface area contributed by atoms with Gasteiger partial charge in [-0.05, 0) is 38.8 Å². The van der Waals surface area contributed by atoms with Gasteiger partial charge in [0.1, 0.15) is 0 Å². The number of nitrogens with zero attached hydrogens (tertiary/aromatic N) is 2. The molecule has 8 nitrogen and oxygen atoms in total. The first-order valence-electron chi connectivity index (χ1n) is 9.65. The van der Waals surface area contributed by atoms with Gasteiger partial charge in [0.2, 0.25) is 5.91 Å². The highest BCUT2D eigenvalue weighted by Gasteiger charge is 2.19. The minimum atomic E-state index is -0.154. The number of methoxy groups -OCH3 is 2. The Labute approximate surface area is 164 Å². The second kappa shape index (κ2) is 9.05. The average molecular weight is 388 g/mol. The molecular formula is C20H28N4O4. The van der Waals surface area contributed by atoms with Crippen molar-refractivity contribution in [2.24, 2.45) is 0 Å². The molecule has 0 saturated carbocycles. The Morgan fingerprint density at radius 2 is 2.07 bits per heavy atom. The van der Waals surface area contributed by atoms with Crippen molar-refractivity contribution in [2.45, 2.75) is 51.2 Å². The SMILES string of the molecule is COc1cc2ncn(CCCC(=O)NC3CCNC(C)C3)c(=O)c2cc1OC. The fourth-order valence-electron chi connectivity index (χ4n) is 3.62. The predicted molar refractivity (Wildman–Crippen MR) is 107 cm³/mol. The van der Waals surface area contributed by atoms with Crippen LogP contribution in [-0.4, -0.2) is 48.3 Å². The van der Waals surface area contributed by atoms with Gasteiger partial charge in [0.25, 0.3) is 5.56 Å². The van der Waals surface area contributed by atoms with Crippen LogP contribution in [0.2, 0.25) is 0 Å². The molecule has 1 aliphatic heterocycles. The van der Waals surface area contributed by atoms with Gasteiger partial charge in [-0.3, -0.25) is 14.2 Å². The van der Waals surface area contributed by atoms with Crippen molar-refractivity contribution in [1.82, 2.24) is 20.2 Å². The molecule has 1 aliphatic rings. The van der Waals surface area contributed by atoms with Crippen LogP contribution in [0.5, 0.6) is 11.5 Å². The van der Waals surface area contributed by atoms with Gasteiger partial charge in [-0.15, -0.1) is 0 Å². The first-order chi connectivity index (χ1) is 13.5. The lowest BCUT2D eigenvalue weighted by atomic mass is 10.0. The molecule has 0 spiro atoms. The number of aryl methyl sites for hydroxylation is 1. The van der Waals surface area contributed by atoms with E-state index < -0.39 is 0 Å². The van der Waals surface area contributed by atoms with Gasteiger partial charge in [0.05, 0.1) is 31.4 Å². The predicted octanol–water partition coefficient (Wildman–Crippen LogP) is 1.45. The lowest BCUT2D eigenvalue weighted by Crippen LogP contribution is -2.46. The van der Waals surface area contributed by atoms with Crippen LogP contribution in [0.15, 0.2) is 23.3 Å². The molecule has 1 amide bonds. The molecular weight excluding hydrogens is 360 g/mol. The van der Waals surface area contributed by atoms with Gasteiger partial charge in [0.15, 0.2) is 11.5 Å². The highest BCUT2D eigenvalue weighted by Crippen LogP contribution is 2.29. The van der Waals surface area contributed by atoms with Crippen LogP contribution in [-0.2, 0) is 11.3 Å². The van der Waals surface area contributed by atoms with E-state index >= 15 is 0 Å². The molecule has 2 atom stereocenters. The molecule has 28 heavy (non-hydrogen) atoms. The van der Waals surface area contributed by atoms with Crippen LogP contribution < -0.4 is 25.7 Å². The number of ether oxygens (including phenoxy) is 2. The van der Waals surface area contributed by atoms with Gasteiger partial charge in [-0.2, -0.15) is 0 Å². The zero-order chi connectivity index (χ0) is 20.1. The van der Waals surface area contributed by atoms with Crippen LogP contribution in [0.4, 0.5) is 0 Å². The van der Waals surface area contributed by atoms with Gasteiger partial charge in [0, 0.05) is 31.1 Å². The fourth-order valence-corrected chi connectivity index (χ4v) is 3.62. The third-order valence-corrected chi connectivity index (χ3v) is 5.12. The van der Waals surface area contributed by atoms with Gasteiger partial charge in [-0.1, -0.05) is 0 Å². The molecule has 2 unspecified atom stereocenters. The molecule has 2 aromatic rings. The standard InChI is InChI=1S/C20H28N4O4/c1-13-9-14(6-7-21-13)23-19(25)5-4-8-24-12-22-16-11-18(28-3)17(27-2)10-15(16)20(24)26/h10-14,21H,4-9H2,1-3H3,(H,23,25). The molecule has 2 N–H and O–H groups in total. The average Bonchev–Trinajstić information content (AvgIpc) is 2.69. The largest absolute Gasteiger partial charge is 0.493 e. The fraction of sp³-hybridized carbons (Fsp3) is 0.550. The van der Waals surface area contributed by atoms with Gasteiger partial charge < -0.3 is 20.1 Å². The molecule has 1 aromatic carbocycles. The lowest BCUT2D eigenvalue weighted by molar-refractivity contribution is -0.122. The number of fused-ring (bicyclic) bond motifs is 1. The van der Waals surface area contributed by atoms with Crippen molar-refractivity contribution < 1.29 is 14.3 Å². The van der Waals surface area contributed by atoms with E-state index in [9.17, 15) is 9.59 Å². The smallest absolute Gasteiger partial charge is 0.261 e. The van der Waals surface area contributed by atoms with Gasteiger partial charge >= 0.3 is 0 Å². The molecule has 152 valence electrons. The highest BCUT2D eigenvalue weighted by molar-refractivity contribution is 5.81. The minimum Gasteiger partial charge on any atom is -0.493 e. The van der Waals surface area contributed by atoms with E-state index in [1.807, 2.05) is 0 Å². The Balaban J connectivity index is 1.62. The third-order valence-electron chi connectivity index (χ3n) is 5.12. The molecule has 0 bridgehead atoms. The zero-order valence-corrected chi connectivity index (χ0v) is 16.7. The van der Waals surface area contributed by atoms with E-state index in [4.69, 9.17) is 9.47 Å². The maximum Gasteiger partial charge on any atom is 0.261 e. The maximum absolute atomic E-state index is 12.7. The van der Waals surface area contributed by atoms with Crippen LogP contribution in [0.3, 0.4) is 0 Å².